The van der Waals surface area contributed by atoms with Gasteiger partial charge in [-0.1, -0.05) is 17.7 Å². The Bertz CT molecular complexity index is 648. The van der Waals surface area contributed by atoms with Gasteiger partial charge in [0.2, 0.25) is 0 Å². The normalized spacial score (nSPS) is 13.6. The Labute approximate surface area is 142 Å². The van der Waals surface area contributed by atoms with Crippen molar-refractivity contribution >= 4 is 39.9 Å². The predicted molar refractivity (Wildman–Crippen MR) is 93.5 cm³/mol. The first kappa shape index (κ1) is 14.8. The molecule has 2 aromatic rings. The van der Waals surface area contributed by atoms with E-state index in [-0.39, 0.29) is 0 Å². The van der Waals surface area contributed by atoms with Crippen molar-refractivity contribution in [1.82, 2.24) is 0 Å². The lowest BCUT2D eigenvalue weighted by atomic mass is 10.2. The van der Waals surface area contributed by atoms with Crippen molar-refractivity contribution in [3.63, 3.8) is 0 Å². The second-order valence-corrected chi connectivity index (χ2v) is 6.47. The average Bonchev–Trinajstić information content (AvgIpc) is 2.71. The number of nitrogens with one attached hydrogen (secondary N) is 1. The van der Waals surface area contributed by atoms with Gasteiger partial charge in [0.25, 0.3) is 0 Å². The number of ether oxygens (including phenoxy) is 2. The van der Waals surface area contributed by atoms with Crippen LogP contribution >= 0.6 is 34.2 Å². The fourth-order valence-corrected chi connectivity index (χ4v) is 3.02. The van der Waals surface area contributed by atoms with Crippen LogP contribution in [-0.4, -0.2) is 13.2 Å². The van der Waals surface area contributed by atoms with Crippen molar-refractivity contribution in [1.29, 1.82) is 0 Å². The van der Waals surface area contributed by atoms with Gasteiger partial charge in [-0.25, -0.2) is 0 Å². The third kappa shape index (κ3) is 3.74. The Morgan fingerprint density at radius 2 is 2.00 bits per heavy atom. The monoisotopic (exact) mass is 415 g/mol. The zero-order chi connectivity index (χ0) is 14.7. The fraction of sp³-hybridized carbons (Fsp3) is 0.250. The summed E-state index contributed by atoms with van der Waals surface area (Å²) in [4.78, 5) is 0. The molecule has 110 valence electrons. The average molecular weight is 416 g/mol. The molecule has 5 heteroatoms. The lowest BCUT2D eigenvalue weighted by Gasteiger charge is -2.12. The number of anilines is 1. The van der Waals surface area contributed by atoms with Crippen molar-refractivity contribution in [2.45, 2.75) is 13.0 Å². The van der Waals surface area contributed by atoms with E-state index in [1.165, 1.54) is 3.57 Å². The first-order valence-electron chi connectivity index (χ1n) is 6.80. The molecule has 2 aromatic carbocycles. The van der Waals surface area contributed by atoms with Crippen molar-refractivity contribution in [3.8, 4) is 11.5 Å². The van der Waals surface area contributed by atoms with Crippen LogP contribution in [0.4, 0.5) is 5.69 Å². The lowest BCUT2D eigenvalue weighted by molar-refractivity contribution is 0.297. The molecule has 0 aromatic heterocycles. The largest absolute Gasteiger partial charge is 0.489 e. The number of halogens is 2. The van der Waals surface area contributed by atoms with Gasteiger partial charge in [-0.2, -0.15) is 0 Å². The van der Waals surface area contributed by atoms with E-state index in [0.29, 0.717) is 30.5 Å². The molecule has 1 heterocycles. The summed E-state index contributed by atoms with van der Waals surface area (Å²) in [5, 5.41) is 4.00. The summed E-state index contributed by atoms with van der Waals surface area (Å²) in [7, 11) is 0. The molecule has 0 unspecified atom stereocenters. The summed E-state index contributed by atoms with van der Waals surface area (Å²) in [5.41, 5.74) is 2.16. The molecule has 0 atom stereocenters. The summed E-state index contributed by atoms with van der Waals surface area (Å²) in [6.07, 6.45) is 0.876. The van der Waals surface area contributed by atoms with Gasteiger partial charge >= 0.3 is 0 Å². The van der Waals surface area contributed by atoms with Gasteiger partial charge in [0.15, 0.2) is 11.5 Å². The van der Waals surface area contributed by atoms with E-state index in [0.717, 1.165) is 23.4 Å². The van der Waals surface area contributed by atoms with Crippen LogP contribution in [0.3, 0.4) is 0 Å². The summed E-state index contributed by atoms with van der Waals surface area (Å²) in [6, 6.07) is 12.2. The third-order valence-corrected chi connectivity index (χ3v) is 4.13. The quantitative estimate of drug-likeness (QED) is 0.736. The van der Waals surface area contributed by atoms with E-state index >= 15 is 0 Å². The molecule has 21 heavy (non-hydrogen) atoms. The number of hydrogen-bond acceptors (Lipinski definition) is 3. The molecule has 0 aliphatic carbocycles. The molecule has 1 aliphatic rings. The highest BCUT2D eigenvalue weighted by Gasteiger charge is 2.15. The Kier molecular flexibility index (Phi) is 4.75. The van der Waals surface area contributed by atoms with Crippen LogP contribution in [0.5, 0.6) is 11.5 Å². The van der Waals surface area contributed by atoms with Gasteiger partial charge in [-0.3, -0.25) is 0 Å². The fourth-order valence-electron chi connectivity index (χ4n) is 2.19. The Hall–Kier alpha value is -1.14. The van der Waals surface area contributed by atoms with Gasteiger partial charge in [0, 0.05) is 22.2 Å². The maximum atomic E-state index is 6.29. The van der Waals surface area contributed by atoms with E-state index in [1.54, 1.807) is 0 Å². The van der Waals surface area contributed by atoms with Crippen molar-refractivity contribution in [2.24, 2.45) is 0 Å². The van der Waals surface area contributed by atoms with Crippen LogP contribution in [-0.2, 0) is 6.54 Å². The zero-order valence-corrected chi connectivity index (χ0v) is 14.3. The van der Waals surface area contributed by atoms with Crippen LogP contribution in [0, 0.1) is 3.57 Å². The van der Waals surface area contributed by atoms with E-state index in [4.69, 9.17) is 21.1 Å². The minimum atomic E-state index is 0.605. The second kappa shape index (κ2) is 6.75. The number of benzene rings is 2. The maximum absolute atomic E-state index is 6.29. The highest BCUT2D eigenvalue weighted by molar-refractivity contribution is 14.1. The van der Waals surface area contributed by atoms with Crippen LogP contribution in [0.15, 0.2) is 36.4 Å². The second-order valence-electron chi connectivity index (χ2n) is 4.82. The molecule has 1 N–H and O–H groups in total. The summed E-state index contributed by atoms with van der Waals surface area (Å²) in [5.74, 6) is 1.40. The number of rotatable bonds is 3. The minimum absolute atomic E-state index is 0.605. The Balaban J connectivity index is 1.77. The molecule has 0 bridgehead atoms. The van der Waals surface area contributed by atoms with Gasteiger partial charge < -0.3 is 14.8 Å². The van der Waals surface area contributed by atoms with Crippen LogP contribution in [0.2, 0.25) is 5.02 Å². The van der Waals surface area contributed by atoms with E-state index in [1.807, 2.05) is 24.3 Å². The molecule has 0 spiro atoms. The summed E-state index contributed by atoms with van der Waals surface area (Å²) >= 11 is 8.59. The van der Waals surface area contributed by atoms with Gasteiger partial charge in [0.05, 0.1) is 18.2 Å². The topological polar surface area (TPSA) is 30.5 Å². The van der Waals surface area contributed by atoms with E-state index in [9.17, 15) is 0 Å². The van der Waals surface area contributed by atoms with Crippen LogP contribution < -0.4 is 14.8 Å². The first-order valence-corrected chi connectivity index (χ1v) is 8.25. The van der Waals surface area contributed by atoms with Gasteiger partial charge in [-0.05, 0) is 58.5 Å². The van der Waals surface area contributed by atoms with E-state index < -0.39 is 0 Å². The van der Waals surface area contributed by atoms with Crippen molar-refractivity contribution in [2.75, 3.05) is 18.5 Å². The van der Waals surface area contributed by atoms with Crippen molar-refractivity contribution in [3.05, 3.63) is 50.6 Å². The maximum Gasteiger partial charge on any atom is 0.179 e. The highest BCUT2D eigenvalue weighted by atomic mass is 127. The first-order chi connectivity index (χ1) is 10.2. The molecule has 3 nitrogen and oxygen atoms in total. The summed E-state index contributed by atoms with van der Waals surface area (Å²) < 4.78 is 12.5. The highest BCUT2D eigenvalue weighted by Crippen LogP contribution is 2.38. The minimum Gasteiger partial charge on any atom is -0.489 e. The molecule has 0 radical (unpaired) electrons. The molecule has 0 saturated carbocycles. The molecular weight excluding hydrogens is 401 g/mol. The van der Waals surface area contributed by atoms with Crippen LogP contribution in [0.1, 0.15) is 12.0 Å². The van der Waals surface area contributed by atoms with Crippen LogP contribution in [0.25, 0.3) is 0 Å². The number of fused-ring (bicyclic) bond motifs is 1. The lowest BCUT2D eigenvalue weighted by Crippen LogP contribution is -2.01. The third-order valence-electron chi connectivity index (χ3n) is 3.18. The zero-order valence-electron chi connectivity index (χ0n) is 11.4. The SMILES string of the molecule is Clc1cc(CNc2cccc(I)c2)cc2c1OCCCO2. The molecule has 0 fully saturated rings. The van der Waals surface area contributed by atoms with Gasteiger partial charge in [0.1, 0.15) is 0 Å². The smallest absolute Gasteiger partial charge is 0.179 e. The Morgan fingerprint density at radius 3 is 2.86 bits per heavy atom. The standard InChI is InChI=1S/C16H15ClINO2/c17-14-7-11(8-15-16(14)21-6-2-5-20-15)10-19-13-4-1-3-12(18)9-13/h1,3-4,7-9,19H,2,5-6,10H2. The van der Waals surface area contributed by atoms with E-state index in [2.05, 4.69) is 40.0 Å². The van der Waals surface area contributed by atoms with Crippen molar-refractivity contribution < 1.29 is 9.47 Å². The Morgan fingerprint density at radius 1 is 1.14 bits per heavy atom. The number of hydrogen-bond donors (Lipinski definition) is 1. The summed E-state index contributed by atoms with van der Waals surface area (Å²) in [6.45, 7) is 2.00. The van der Waals surface area contributed by atoms with Gasteiger partial charge in [-0.15, -0.1) is 0 Å². The predicted octanol–water partition coefficient (Wildman–Crippen LogP) is 4.72. The molecular formula is C16H15ClINO2. The molecule has 1 aliphatic heterocycles. The molecule has 0 saturated heterocycles. The molecule has 3 rings (SSSR count). The molecule has 0 amide bonds.